The van der Waals surface area contributed by atoms with E-state index >= 15 is 0 Å². The molecule has 0 spiro atoms. The third-order valence-electron chi connectivity index (χ3n) is 2.22. The molecule has 1 rings (SSSR count). The third kappa shape index (κ3) is 4.27. The predicted octanol–water partition coefficient (Wildman–Crippen LogP) is 1.67. The van der Waals surface area contributed by atoms with Gasteiger partial charge in [0.2, 0.25) is 5.91 Å². The molecule has 0 aromatic carbocycles. The lowest BCUT2D eigenvalue weighted by Gasteiger charge is -2.30. The molecule has 13 heavy (non-hydrogen) atoms. The Hall–Kier alpha value is -0.570. The van der Waals surface area contributed by atoms with Gasteiger partial charge in [-0.05, 0) is 12.8 Å². The second-order valence-corrected chi connectivity index (χ2v) is 2.94. The molecule has 0 saturated carbocycles. The molecule has 0 aliphatic carbocycles. The van der Waals surface area contributed by atoms with Crippen LogP contribution < -0.4 is 0 Å². The van der Waals surface area contributed by atoms with E-state index in [1.165, 1.54) is 0 Å². The van der Waals surface area contributed by atoms with Gasteiger partial charge in [0, 0.05) is 27.1 Å². The SMILES string of the molecule is CC.COC1CCN(C(C)=O)CC1. The van der Waals surface area contributed by atoms with E-state index < -0.39 is 0 Å². The van der Waals surface area contributed by atoms with Gasteiger partial charge in [0.25, 0.3) is 0 Å². The number of methoxy groups -OCH3 is 1. The van der Waals surface area contributed by atoms with Crippen LogP contribution in [0.5, 0.6) is 0 Å². The molecule has 0 N–H and O–H groups in total. The van der Waals surface area contributed by atoms with Crippen LogP contribution in [0.1, 0.15) is 33.6 Å². The summed E-state index contributed by atoms with van der Waals surface area (Å²) in [7, 11) is 1.73. The Bertz CT molecular complexity index is 140. The molecule has 0 aromatic rings. The molecule has 0 atom stereocenters. The van der Waals surface area contributed by atoms with Crippen molar-refractivity contribution in [2.45, 2.75) is 39.7 Å². The van der Waals surface area contributed by atoms with Gasteiger partial charge in [-0.1, -0.05) is 13.8 Å². The highest BCUT2D eigenvalue weighted by Crippen LogP contribution is 2.12. The van der Waals surface area contributed by atoms with Gasteiger partial charge in [0.1, 0.15) is 0 Å². The quantitative estimate of drug-likeness (QED) is 0.625. The van der Waals surface area contributed by atoms with E-state index in [2.05, 4.69) is 0 Å². The minimum Gasteiger partial charge on any atom is -0.381 e. The Kier molecular flexibility index (Phi) is 6.59. The molecule has 0 bridgehead atoms. The summed E-state index contributed by atoms with van der Waals surface area (Å²) in [4.78, 5) is 12.7. The average Bonchev–Trinajstić information content (AvgIpc) is 2.21. The standard InChI is InChI=1S/C8H15NO2.C2H6/c1-7(10)9-5-3-8(11-2)4-6-9;1-2/h8H,3-6H2,1-2H3;1-2H3. The zero-order valence-electron chi connectivity index (χ0n) is 9.17. The molecule has 0 aromatic heterocycles. The van der Waals surface area contributed by atoms with E-state index in [0.29, 0.717) is 6.10 Å². The van der Waals surface area contributed by atoms with Crippen molar-refractivity contribution < 1.29 is 9.53 Å². The van der Waals surface area contributed by atoms with E-state index in [9.17, 15) is 4.79 Å². The normalized spacial score (nSPS) is 17.7. The maximum absolute atomic E-state index is 10.9. The van der Waals surface area contributed by atoms with Crippen molar-refractivity contribution in [1.82, 2.24) is 4.90 Å². The molecule has 0 unspecified atom stereocenters. The topological polar surface area (TPSA) is 29.5 Å². The first-order valence-corrected chi connectivity index (χ1v) is 5.02. The first-order chi connectivity index (χ1) is 6.24. The van der Waals surface area contributed by atoms with Gasteiger partial charge in [-0.25, -0.2) is 0 Å². The van der Waals surface area contributed by atoms with Gasteiger partial charge in [-0.15, -0.1) is 0 Å². The van der Waals surface area contributed by atoms with Crippen molar-refractivity contribution in [1.29, 1.82) is 0 Å². The van der Waals surface area contributed by atoms with Crippen LogP contribution in [0.4, 0.5) is 0 Å². The number of hydrogen-bond acceptors (Lipinski definition) is 2. The number of carbonyl (C=O) groups is 1. The molecule has 1 saturated heterocycles. The molecule has 3 nitrogen and oxygen atoms in total. The van der Waals surface area contributed by atoms with Gasteiger partial charge in [-0.3, -0.25) is 4.79 Å². The Morgan fingerprint density at radius 2 is 1.77 bits per heavy atom. The van der Waals surface area contributed by atoms with E-state index in [4.69, 9.17) is 4.74 Å². The molecular formula is C10H21NO2. The van der Waals surface area contributed by atoms with Crippen molar-refractivity contribution in [2.24, 2.45) is 0 Å². The highest BCUT2D eigenvalue weighted by Gasteiger charge is 2.19. The van der Waals surface area contributed by atoms with Gasteiger partial charge < -0.3 is 9.64 Å². The third-order valence-corrected chi connectivity index (χ3v) is 2.22. The number of amides is 1. The monoisotopic (exact) mass is 187 g/mol. The lowest BCUT2D eigenvalue weighted by molar-refractivity contribution is -0.131. The fourth-order valence-corrected chi connectivity index (χ4v) is 1.41. The summed E-state index contributed by atoms with van der Waals surface area (Å²) >= 11 is 0. The van der Waals surface area contributed by atoms with Crippen LogP contribution >= 0.6 is 0 Å². The van der Waals surface area contributed by atoms with E-state index in [0.717, 1.165) is 25.9 Å². The summed E-state index contributed by atoms with van der Waals surface area (Å²) < 4.78 is 5.18. The van der Waals surface area contributed by atoms with Crippen LogP contribution in [-0.4, -0.2) is 37.1 Å². The van der Waals surface area contributed by atoms with Gasteiger partial charge >= 0.3 is 0 Å². The van der Waals surface area contributed by atoms with E-state index in [-0.39, 0.29) is 5.91 Å². The minimum absolute atomic E-state index is 0.180. The summed E-state index contributed by atoms with van der Waals surface area (Å²) in [6, 6.07) is 0. The smallest absolute Gasteiger partial charge is 0.219 e. The highest BCUT2D eigenvalue weighted by molar-refractivity contribution is 5.73. The zero-order valence-corrected chi connectivity index (χ0v) is 9.17. The molecule has 1 heterocycles. The lowest BCUT2D eigenvalue weighted by atomic mass is 10.1. The predicted molar refractivity (Wildman–Crippen MR) is 53.6 cm³/mol. The average molecular weight is 187 g/mol. The fourth-order valence-electron chi connectivity index (χ4n) is 1.41. The number of nitrogens with zero attached hydrogens (tertiary/aromatic N) is 1. The largest absolute Gasteiger partial charge is 0.381 e. The lowest BCUT2D eigenvalue weighted by Crippen LogP contribution is -2.39. The van der Waals surface area contributed by atoms with Crippen molar-refractivity contribution >= 4 is 5.91 Å². The number of carbonyl (C=O) groups excluding carboxylic acids is 1. The fraction of sp³-hybridized carbons (Fsp3) is 0.900. The molecular weight excluding hydrogens is 166 g/mol. The van der Waals surface area contributed by atoms with Crippen molar-refractivity contribution in [3.05, 3.63) is 0 Å². The number of piperidine rings is 1. The van der Waals surface area contributed by atoms with E-state index in [1.807, 2.05) is 18.7 Å². The van der Waals surface area contributed by atoms with Crippen LogP contribution in [0.25, 0.3) is 0 Å². The maximum atomic E-state index is 10.9. The van der Waals surface area contributed by atoms with Crippen molar-refractivity contribution in [3.63, 3.8) is 0 Å². The Morgan fingerprint density at radius 3 is 2.08 bits per heavy atom. The summed E-state index contributed by atoms with van der Waals surface area (Å²) in [5.74, 6) is 0.180. The molecule has 0 radical (unpaired) electrons. The molecule has 78 valence electrons. The van der Waals surface area contributed by atoms with Crippen LogP contribution in [0, 0.1) is 0 Å². The molecule has 1 amide bonds. The Morgan fingerprint density at radius 1 is 1.31 bits per heavy atom. The summed E-state index contributed by atoms with van der Waals surface area (Å²) in [5, 5.41) is 0. The van der Waals surface area contributed by atoms with Gasteiger partial charge in [0.15, 0.2) is 0 Å². The van der Waals surface area contributed by atoms with Crippen LogP contribution in [-0.2, 0) is 9.53 Å². The second-order valence-electron chi connectivity index (χ2n) is 2.94. The zero-order chi connectivity index (χ0) is 10.3. The van der Waals surface area contributed by atoms with Crippen LogP contribution in [0.3, 0.4) is 0 Å². The minimum atomic E-state index is 0.180. The van der Waals surface area contributed by atoms with Gasteiger partial charge in [-0.2, -0.15) is 0 Å². The summed E-state index contributed by atoms with van der Waals surface area (Å²) in [6.07, 6.45) is 2.33. The summed E-state index contributed by atoms with van der Waals surface area (Å²) in [5.41, 5.74) is 0. The Balaban J connectivity index is 0.000000671. The van der Waals surface area contributed by atoms with Gasteiger partial charge in [0.05, 0.1) is 6.10 Å². The summed E-state index contributed by atoms with van der Waals surface area (Å²) in [6.45, 7) is 7.33. The van der Waals surface area contributed by atoms with Crippen molar-refractivity contribution in [3.8, 4) is 0 Å². The Labute approximate surface area is 81.1 Å². The maximum Gasteiger partial charge on any atom is 0.219 e. The van der Waals surface area contributed by atoms with Crippen molar-refractivity contribution in [2.75, 3.05) is 20.2 Å². The number of hydrogen-bond donors (Lipinski definition) is 0. The second kappa shape index (κ2) is 6.89. The molecule has 1 aliphatic heterocycles. The molecule has 1 aliphatic rings. The number of ether oxygens (including phenoxy) is 1. The van der Waals surface area contributed by atoms with E-state index in [1.54, 1.807) is 14.0 Å². The number of rotatable bonds is 1. The first-order valence-electron chi connectivity index (χ1n) is 5.02. The van der Waals surface area contributed by atoms with Crippen LogP contribution in [0.2, 0.25) is 0 Å². The highest BCUT2D eigenvalue weighted by atomic mass is 16.5. The first kappa shape index (κ1) is 12.4. The molecule has 1 fully saturated rings. The van der Waals surface area contributed by atoms with Crippen LogP contribution in [0.15, 0.2) is 0 Å². The number of likely N-dealkylation sites (tertiary alicyclic amines) is 1. The molecule has 3 heteroatoms.